The Hall–Kier alpha value is -2.62. The van der Waals surface area contributed by atoms with Gasteiger partial charge in [0.2, 0.25) is 0 Å². The number of aryl methyl sites for hydroxylation is 1. The topological polar surface area (TPSA) is 50.9 Å². The van der Waals surface area contributed by atoms with Gasteiger partial charge in [-0.1, -0.05) is 31.0 Å². The smallest absolute Gasteiger partial charge is 0.146 e. The first-order chi connectivity index (χ1) is 12.1. The van der Waals surface area contributed by atoms with Crippen LogP contribution in [-0.2, 0) is 0 Å². The summed E-state index contributed by atoms with van der Waals surface area (Å²) in [5.74, 6) is 0.905. The molecule has 1 heterocycles. The van der Waals surface area contributed by atoms with E-state index in [2.05, 4.69) is 22.4 Å². The fourth-order valence-electron chi connectivity index (χ4n) is 3.84. The lowest BCUT2D eigenvalue weighted by molar-refractivity contribution is 0.630. The van der Waals surface area contributed by atoms with Crippen LogP contribution in [0.1, 0.15) is 42.7 Å². The van der Waals surface area contributed by atoms with Crippen LogP contribution in [0.25, 0.3) is 10.8 Å². The molecule has 25 heavy (non-hydrogen) atoms. The standard InChI is InChI=1S/C21H22FN3/c1-13-6-9-19(18(22)12-13)25-21-17-8-7-15(14-4-2-3-5-14)20(23)16(17)10-11-24-21/h6-12,14H,2-5,23H2,1H3,(H,24,25). The van der Waals surface area contributed by atoms with Crippen molar-refractivity contribution in [2.45, 2.75) is 38.5 Å². The number of hydrogen-bond donors (Lipinski definition) is 2. The van der Waals surface area contributed by atoms with Gasteiger partial charge < -0.3 is 11.1 Å². The molecule has 1 saturated carbocycles. The molecule has 3 aromatic rings. The van der Waals surface area contributed by atoms with Crippen LogP contribution in [-0.4, -0.2) is 4.98 Å². The maximum Gasteiger partial charge on any atom is 0.146 e. The normalized spacial score (nSPS) is 15.0. The number of nitrogens with zero attached hydrogens (tertiary/aromatic N) is 1. The fraction of sp³-hybridized carbons (Fsp3) is 0.286. The maximum absolute atomic E-state index is 14.2. The molecule has 0 atom stereocenters. The molecule has 0 aliphatic heterocycles. The highest BCUT2D eigenvalue weighted by Crippen LogP contribution is 2.40. The van der Waals surface area contributed by atoms with Crippen molar-refractivity contribution in [3.8, 4) is 0 Å². The average molecular weight is 335 g/mol. The highest BCUT2D eigenvalue weighted by Gasteiger charge is 2.20. The highest BCUT2D eigenvalue weighted by molar-refractivity contribution is 6.01. The molecule has 0 bridgehead atoms. The lowest BCUT2D eigenvalue weighted by atomic mass is 9.93. The summed E-state index contributed by atoms with van der Waals surface area (Å²) in [5, 5.41) is 5.02. The molecule has 3 nitrogen and oxygen atoms in total. The third-order valence-electron chi connectivity index (χ3n) is 5.19. The summed E-state index contributed by atoms with van der Waals surface area (Å²) in [6.45, 7) is 1.87. The number of rotatable bonds is 3. The van der Waals surface area contributed by atoms with E-state index in [1.807, 2.05) is 19.1 Å². The molecular weight excluding hydrogens is 313 g/mol. The molecular formula is C21H22FN3. The first kappa shape index (κ1) is 15.9. The van der Waals surface area contributed by atoms with Crippen molar-refractivity contribution in [1.29, 1.82) is 0 Å². The van der Waals surface area contributed by atoms with Crippen LogP contribution in [0.15, 0.2) is 42.6 Å². The summed E-state index contributed by atoms with van der Waals surface area (Å²) >= 11 is 0. The van der Waals surface area contributed by atoms with Crippen LogP contribution in [0.2, 0.25) is 0 Å². The fourth-order valence-corrected chi connectivity index (χ4v) is 3.84. The van der Waals surface area contributed by atoms with Gasteiger partial charge in [0.05, 0.1) is 5.69 Å². The number of hydrogen-bond acceptors (Lipinski definition) is 3. The summed E-state index contributed by atoms with van der Waals surface area (Å²) < 4.78 is 14.2. The summed E-state index contributed by atoms with van der Waals surface area (Å²) in [6, 6.07) is 11.2. The monoisotopic (exact) mass is 335 g/mol. The second-order valence-electron chi connectivity index (χ2n) is 6.91. The third-order valence-corrected chi connectivity index (χ3v) is 5.19. The summed E-state index contributed by atoms with van der Waals surface area (Å²) in [6.07, 6.45) is 6.70. The van der Waals surface area contributed by atoms with E-state index in [0.717, 1.165) is 22.0 Å². The number of benzene rings is 2. The van der Waals surface area contributed by atoms with Gasteiger partial charge in [-0.2, -0.15) is 0 Å². The number of nitrogen functional groups attached to an aromatic ring is 1. The molecule has 1 aliphatic carbocycles. The van der Waals surface area contributed by atoms with Gasteiger partial charge in [-0.05, 0) is 55.0 Å². The molecule has 0 unspecified atom stereocenters. The minimum atomic E-state index is -0.283. The van der Waals surface area contributed by atoms with Crippen molar-refractivity contribution in [2.24, 2.45) is 0 Å². The van der Waals surface area contributed by atoms with Gasteiger partial charge in [-0.3, -0.25) is 0 Å². The Morgan fingerprint density at radius 2 is 1.88 bits per heavy atom. The van der Waals surface area contributed by atoms with Crippen molar-refractivity contribution < 1.29 is 4.39 Å². The zero-order valence-electron chi connectivity index (χ0n) is 14.3. The van der Waals surface area contributed by atoms with Gasteiger partial charge in [-0.15, -0.1) is 0 Å². The molecule has 4 heteroatoms. The number of anilines is 3. The summed E-state index contributed by atoms with van der Waals surface area (Å²) in [4.78, 5) is 4.40. The number of aromatic nitrogens is 1. The van der Waals surface area contributed by atoms with Crippen LogP contribution in [0, 0.1) is 12.7 Å². The zero-order valence-corrected chi connectivity index (χ0v) is 14.3. The van der Waals surface area contributed by atoms with Gasteiger partial charge in [-0.25, -0.2) is 9.37 Å². The van der Waals surface area contributed by atoms with Crippen molar-refractivity contribution in [2.75, 3.05) is 11.1 Å². The Morgan fingerprint density at radius 1 is 1.08 bits per heavy atom. The molecule has 3 N–H and O–H groups in total. The number of nitrogens with one attached hydrogen (secondary N) is 1. The predicted molar refractivity (Wildman–Crippen MR) is 102 cm³/mol. The van der Waals surface area contributed by atoms with Gasteiger partial charge in [0.15, 0.2) is 0 Å². The van der Waals surface area contributed by atoms with E-state index in [-0.39, 0.29) is 5.82 Å². The summed E-state index contributed by atoms with van der Waals surface area (Å²) in [5.41, 5.74) is 9.86. The third kappa shape index (κ3) is 2.93. The highest BCUT2D eigenvalue weighted by atomic mass is 19.1. The number of fused-ring (bicyclic) bond motifs is 1. The molecule has 0 amide bonds. The van der Waals surface area contributed by atoms with E-state index in [4.69, 9.17) is 5.73 Å². The average Bonchev–Trinajstić information content (AvgIpc) is 3.12. The molecule has 2 aromatic carbocycles. The first-order valence-corrected chi connectivity index (χ1v) is 8.84. The maximum atomic E-state index is 14.2. The van der Waals surface area contributed by atoms with Crippen molar-refractivity contribution in [3.63, 3.8) is 0 Å². The van der Waals surface area contributed by atoms with E-state index in [0.29, 0.717) is 17.4 Å². The van der Waals surface area contributed by atoms with Gasteiger partial charge in [0.1, 0.15) is 11.6 Å². The lowest BCUT2D eigenvalue weighted by Crippen LogP contribution is -2.02. The van der Waals surface area contributed by atoms with Crippen molar-refractivity contribution >= 4 is 28.0 Å². The largest absolute Gasteiger partial charge is 0.398 e. The lowest BCUT2D eigenvalue weighted by Gasteiger charge is -2.16. The molecule has 4 rings (SSSR count). The van der Waals surface area contributed by atoms with Crippen molar-refractivity contribution in [1.82, 2.24) is 4.98 Å². The van der Waals surface area contributed by atoms with Crippen LogP contribution in [0.4, 0.5) is 21.6 Å². The van der Waals surface area contributed by atoms with Gasteiger partial charge in [0.25, 0.3) is 0 Å². The Labute approximate surface area is 147 Å². The summed E-state index contributed by atoms with van der Waals surface area (Å²) in [7, 11) is 0. The van der Waals surface area contributed by atoms with E-state index in [9.17, 15) is 4.39 Å². The van der Waals surface area contributed by atoms with Crippen LogP contribution >= 0.6 is 0 Å². The number of pyridine rings is 1. The van der Waals surface area contributed by atoms with Crippen LogP contribution in [0.5, 0.6) is 0 Å². The Balaban J connectivity index is 1.76. The molecule has 0 radical (unpaired) electrons. The number of halogens is 1. The minimum absolute atomic E-state index is 0.283. The van der Waals surface area contributed by atoms with E-state index >= 15 is 0 Å². The zero-order chi connectivity index (χ0) is 17.4. The van der Waals surface area contributed by atoms with Crippen molar-refractivity contribution in [3.05, 3.63) is 59.5 Å². The van der Waals surface area contributed by atoms with Crippen LogP contribution in [0.3, 0.4) is 0 Å². The van der Waals surface area contributed by atoms with E-state index < -0.39 is 0 Å². The molecule has 0 spiro atoms. The molecule has 1 fully saturated rings. The SMILES string of the molecule is Cc1ccc(Nc2nccc3c(N)c(C4CCCC4)ccc23)c(F)c1. The predicted octanol–water partition coefficient (Wildman–Crippen LogP) is 5.67. The Morgan fingerprint density at radius 3 is 2.64 bits per heavy atom. The van der Waals surface area contributed by atoms with E-state index in [1.165, 1.54) is 37.3 Å². The van der Waals surface area contributed by atoms with Gasteiger partial charge in [0, 0.05) is 22.7 Å². The minimum Gasteiger partial charge on any atom is -0.398 e. The molecule has 0 saturated heterocycles. The molecule has 128 valence electrons. The Bertz CT molecular complexity index is 930. The second kappa shape index (κ2) is 6.36. The van der Waals surface area contributed by atoms with Gasteiger partial charge >= 0.3 is 0 Å². The first-order valence-electron chi connectivity index (χ1n) is 8.84. The Kier molecular flexibility index (Phi) is 4.04. The number of nitrogens with two attached hydrogens (primary N) is 1. The quantitative estimate of drug-likeness (QED) is 0.607. The van der Waals surface area contributed by atoms with E-state index in [1.54, 1.807) is 12.3 Å². The van der Waals surface area contributed by atoms with Crippen LogP contribution < -0.4 is 11.1 Å². The molecule has 1 aromatic heterocycles. The molecule has 1 aliphatic rings. The second-order valence-corrected chi connectivity index (χ2v) is 6.91.